The van der Waals surface area contributed by atoms with Crippen LogP contribution >= 0.6 is 0 Å². The molecule has 1 aromatic carbocycles. The number of nitro benzene ring substituents is 1. The molecule has 0 saturated carbocycles. The van der Waals surface area contributed by atoms with Gasteiger partial charge in [-0.05, 0) is 6.07 Å². The molecule has 1 N–H and O–H groups in total. The molecule has 0 unspecified atom stereocenters. The fourth-order valence-corrected chi connectivity index (χ4v) is 2.69. The molecule has 10 nitrogen and oxygen atoms in total. The number of rotatable bonds is 8. The Morgan fingerprint density at radius 1 is 1.15 bits per heavy atom. The number of benzene rings is 1. The van der Waals surface area contributed by atoms with Gasteiger partial charge >= 0.3 is 0 Å². The first kappa shape index (κ1) is 18.6. The van der Waals surface area contributed by atoms with Crippen molar-refractivity contribution in [3.63, 3.8) is 0 Å². The lowest BCUT2D eigenvalue weighted by atomic mass is 10.3. The van der Waals surface area contributed by atoms with Gasteiger partial charge < -0.3 is 24.4 Å². The van der Waals surface area contributed by atoms with Crippen LogP contribution in [0.2, 0.25) is 0 Å². The Morgan fingerprint density at radius 3 is 2.63 bits per heavy atom. The van der Waals surface area contributed by atoms with Crippen molar-refractivity contribution in [2.45, 2.75) is 0 Å². The number of methoxy groups -OCH3 is 1. The van der Waals surface area contributed by atoms with Crippen molar-refractivity contribution in [2.24, 2.45) is 0 Å². The fourth-order valence-electron chi connectivity index (χ4n) is 2.69. The lowest BCUT2D eigenvalue weighted by Gasteiger charge is -2.28. The van der Waals surface area contributed by atoms with Gasteiger partial charge in [0.15, 0.2) is 17.3 Å². The highest BCUT2D eigenvalue weighted by Crippen LogP contribution is 2.31. The zero-order chi connectivity index (χ0) is 19.1. The molecule has 27 heavy (non-hydrogen) atoms. The Bertz CT molecular complexity index is 782. The minimum atomic E-state index is -0.484. The number of piperazine rings is 1. The summed E-state index contributed by atoms with van der Waals surface area (Å²) in [7, 11) is 1.48. The van der Waals surface area contributed by atoms with Gasteiger partial charge in [-0.25, -0.2) is 9.97 Å². The standard InChI is InChI=1S/C17H21N5O5/c1-25-14-3-2-13(22(23)24)12-15(14)26-10-11-27-17-16(19-4-5-20-17)21-8-6-18-7-9-21/h2-5,12,18H,6-11H2,1H3. The number of nitrogens with zero attached hydrogens (tertiary/aromatic N) is 4. The van der Waals surface area contributed by atoms with E-state index in [1.807, 2.05) is 0 Å². The van der Waals surface area contributed by atoms with Crippen LogP contribution in [0.15, 0.2) is 30.6 Å². The highest BCUT2D eigenvalue weighted by Gasteiger charge is 2.17. The van der Waals surface area contributed by atoms with Crippen LogP contribution in [0.5, 0.6) is 17.4 Å². The lowest BCUT2D eigenvalue weighted by Crippen LogP contribution is -2.44. The Hall–Kier alpha value is -3.14. The van der Waals surface area contributed by atoms with Crippen LogP contribution in [0.1, 0.15) is 0 Å². The molecule has 0 spiro atoms. The topological polar surface area (TPSA) is 112 Å². The van der Waals surface area contributed by atoms with Crippen LogP contribution in [0.3, 0.4) is 0 Å². The zero-order valence-corrected chi connectivity index (χ0v) is 15.0. The SMILES string of the molecule is COc1ccc([N+](=O)[O-])cc1OCCOc1nccnc1N1CCNCC1. The Balaban J connectivity index is 1.59. The Morgan fingerprint density at radius 2 is 1.89 bits per heavy atom. The van der Waals surface area contributed by atoms with Gasteiger partial charge in [0.2, 0.25) is 0 Å². The van der Waals surface area contributed by atoms with Crippen LogP contribution in [0.25, 0.3) is 0 Å². The molecule has 1 saturated heterocycles. The average Bonchev–Trinajstić information content (AvgIpc) is 2.72. The highest BCUT2D eigenvalue weighted by atomic mass is 16.6. The minimum absolute atomic E-state index is 0.0679. The predicted octanol–water partition coefficient (Wildman–Crippen LogP) is 1.26. The fraction of sp³-hybridized carbons (Fsp3) is 0.412. The van der Waals surface area contributed by atoms with Crippen LogP contribution in [0, 0.1) is 10.1 Å². The summed E-state index contributed by atoms with van der Waals surface area (Å²) < 4.78 is 16.5. The highest BCUT2D eigenvalue weighted by molar-refractivity contribution is 5.49. The van der Waals surface area contributed by atoms with Gasteiger partial charge in [0.1, 0.15) is 13.2 Å². The number of ether oxygens (including phenoxy) is 3. The zero-order valence-electron chi connectivity index (χ0n) is 15.0. The van der Waals surface area contributed by atoms with E-state index in [0.29, 0.717) is 17.4 Å². The second-order valence-electron chi connectivity index (χ2n) is 5.71. The van der Waals surface area contributed by atoms with Crippen LogP contribution in [-0.2, 0) is 0 Å². The molecule has 1 aliphatic heterocycles. The van der Waals surface area contributed by atoms with E-state index >= 15 is 0 Å². The first-order chi connectivity index (χ1) is 13.2. The maximum Gasteiger partial charge on any atom is 0.273 e. The quantitative estimate of drug-likeness (QED) is 0.414. The third-order valence-corrected chi connectivity index (χ3v) is 4.00. The maximum absolute atomic E-state index is 10.9. The molecule has 3 rings (SSSR count). The molecule has 144 valence electrons. The van der Waals surface area contributed by atoms with Crippen molar-refractivity contribution in [1.29, 1.82) is 0 Å². The van der Waals surface area contributed by atoms with Crippen LogP contribution in [0.4, 0.5) is 11.5 Å². The van der Waals surface area contributed by atoms with Crippen LogP contribution < -0.4 is 24.4 Å². The third kappa shape index (κ3) is 4.73. The van der Waals surface area contributed by atoms with Gasteiger partial charge in [-0.2, -0.15) is 0 Å². The first-order valence-electron chi connectivity index (χ1n) is 8.53. The van der Waals surface area contributed by atoms with Gasteiger partial charge in [-0.15, -0.1) is 0 Å². The molecule has 0 aliphatic carbocycles. The number of hydrogen-bond acceptors (Lipinski definition) is 9. The summed E-state index contributed by atoms with van der Waals surface area (Å²) in [5, 5.41) is 14.2. The monoisotopic (exact) mass is 375 g/mol. The molecule has 0 radical (unpaired) electrons. The minimum Gasteiger partial charge on any atom is -0.493 e. The van der Waals surface area contributed by atoms with E-state index in [0.717, 1.165) is 26.2 Å². The van der Waals surface area contributed by atoms with E-state index in [1.165, 1.54) is 25.3 Å². The number of nitro groups is 1. The van der Waals surface area contributed by atoms with Gasteiger partial charge in [0.05, 0.1) is 18.1 Å². The summed E-state index contributed by atoms with van der Waals surface area (Å²) in [6, 6.07) is 4.19. The number of aromatic nitrogens is 2. The number of nitrogens with one attached hydrogen (secondary N) is 1. The van der Waals surface area contributed by atoms with E-state index in [9.17, 15) is 10.1 Å². The van der Waals surface area contributed by atoms with E-state index < -0.39 is 4.92 Å². The summed E-state index contributed by atoms with van der Waals surface area (Å²) in [6.45, 7) is 3.81. The van der Waals surface area contributed by atoms with Crippen LogP contribution in [-0.4, -0.2) is 61.4 Å². The summed E-state index contributed by atoms with van der Waals surface area (Å²) >= 11 is 0. The number of hydrogen-bond donors (Lipinski definition) is 1. The maximum atomic E-state index is 10.9. The molecule has 0 amide bonds. The molecular formula is C17H21N5O5. The van der Waals surface area contributed by atoms with Crippen molar-refractivity contribution >= 4 is 11.5 Å². The first-order valence-corrected chi connectivity index (χ1v) is 8.53. The number of non-ortho nitro benzene ring substituents is 1. The molecule has 2 aromatic rings. The van der Waals surface area contributed by atoms with E-state index in [-0.39, 0.29) is 24.7 Å². The van der Waals surface area contributed by atoms with Crippen molar-refractivity contribution in [2.75, 3.05) is 51.4 Å². The second kappa shape index (κ2) is 8.99. The Kier molecular flexibility index (Phi) is 6.21. The summed E-state index contributed by atoms with van der Waals surface area (Å²) in [6.07, 6.45) is 3.21. The third-order valence-electron chi connectivity index (χ3n) is 4.00. The molecule has 10 heteroatoms. The van der Waals surface area contributed by atoms with Crippen molar-refractivity contribution < 1.29 is 19.1 Å². The van der Waals surface area contributed by atoms with E-state index in [1.54, 1.807) is 12.4 Å². The second-order valence-corrected chi connectivity index (χ2v) is 5.71. The number of anilines is 1. The summed E-state index contributed by atoms with van der Waals surface area (Å²) in [5.74, 6) is 1.85. The van der Waals surface area contributed by atoms with Crippen molar-refractivity contribution in [3.05, 3.63) is 40.7 Å². The van der Waals surface area contributed by atoms with Crippen molar-refractivity contribution in [1.82, 2.24) is 15.3 Å². The van der Waals surface area contributed by atoms with Gasteiger partial charge in [-0.3, -0.25) is 10.1 Å². The molecular weight excluding hydrogens is 354 g/mol. The molecule has 0 bridgehead atoms. The van der Waals surface area contributed by atoms with Gasteiger partial charge in [0.25, 0.3) is 11.6 Å². The van der Waals surface area contributed by atoms with E-state index in [4.69, 9.17) is 14.2 Å². The predicted molar refractivity (Wildman–Crippen MR) is 97.8 cm³/mol. The smallest absolute Gasteiger partial charge is 0.273 e. The molecule has 1 aliphatic rings. The van der Waals surface area contributed by atoms with Gasteiger partial charge in [-0.1, -0.05) is 0 Å². The molecule has 1 aromatic heterocycles. The molecule has 1 fully saturated rings. The largest absolute Gasteiger partial charge is 0.493 e. The Labute approximate surface area is 156 Å². The molecule has 2 heterocycles. The molecule has 0 atom stereocenters. The van der Waals surface area contributed by atoms with E-state index in [2.05, 4.69) is 20.2 Å². The van der Waals surface area contributed by atoms with Gasteiger partial charge in [0, 0.05) is 44.6 Å². The lowest BCUT2D eigenvalue weighted by molar-refractivity contribution is -0.385. The summed E-state index contributed by atoms with van der Waals surface area (Å²) in [5.41, 5.74) is -0.0679. The normalized spacial score (nSPS) is 13.9. The average molecular weight is 375 g/mol. The summed E-state index contributed by atoms with van der Waals surface area (Å²) in [4.78, 5) is 21.2. The van der Waals surface area contributed by atoms with Crippen molar-refractivity contribution in [3.8, 4) is 17.4 Å².